The van der Waals surface area contributed by atoms with Gasteiger partial charge in [-0.2, -0.15) is 9.57 Å². The van der Waals surface area contributed by atoms with Crippen molar-refractivity contribution in [3.63, 3.8) is 0 Å². The Hall–Kier alpha value is -1.62. The van der Waals surface area contributed by atoms with Crippen LogP contribution in [0.25, 0.3) is 0 Å². The summed E-state index contributed by atoms with van der Waals surface area (Å²) in [7, 11) is -3.72. The molecule has 18 heavy (non-hydrogen) atoms. The van der Waals surface area contributed by atoms with Gasteiger partial charge in [0, 0.05) is 25.2 Å². The molecule has 1 aromatic carbocycles. The van der Waals surface area contributed by atoms with Crippen molar-refractivity contribution in [2.45, 2.75) is 11.3 Å². The van der Waals surface area contributed by atoms with Gasteiger partial charge in [-0.1, -0.05) is 6.07 Å². The van der Waals surface area contributed by atoms with E-state index in [1.54, 1.807) is 12.1 Å². The number of rotatable bonds is 6. The van der Waals surface area contributed by atoms with Gasteiger partial charge >= 0.3 is 0 Å². The fourth-order valence-corrected chi connectivity index (χ4v) is 2.95. The lowest BCUT2D eigenvalue weighted by molar-refractivity contribution is 0.255. The number of nitrogens with zero attached hydrogens (tertiary/aromatic N) is 2. The first kappa shape index (κ1) is 14.4. The Balaban J connectivity index is 3.05. The van der Waals surface area contributed by atoms with Crippen molar-refractivity contribution in [1.29, 1.82) is 5.26 Å². The van der Waals surface area contributed by atoms with E-state index in [4.69, 9.17) is 16.1 Å². The monoisotopic (exact) mass is 269 g/mol. The molecule has 0 unspecified atom stereocenters. The largest absolute Gasteiger partial charge is 0.399 e. The molecule has 0 aliphatic heterocycles. The first-order chi connectivity index (χ1) is 8.52. The van der Waals surface area contributed by atoms with Gasteiger partial charge in [0.05, 0.1) is 17.6 Å². The van der Waals surface area contributed by atoms with E-state index in [2.05, 4.69) is 0 Å². The fraction of sp³-hybridized carbons (Fsp3) is 0.364. The van der Waals surface area contributed by atoms with Crippen LogP contribution in [0.5, 0.6) is 0 Å². The molecule has 0 spiro atoms. The van der Waals surface area contributed by atoms with E-state index in [0.717, 1.165) is 4.31 Å². The molecule has 3 N–H and O–H groups in total. The van der Waals surface area contributed by atoms with Gasteiger partial charge in [0.15, 0.2) is 0 Å². The number of sulfonamides is 1. The Morgan fingerprint density at radius 3 is 2.67 bits per heavy atom. The van der Waals surface area contributed by atoms with Gasteiger partial charge in [0.2, 0.25) is 10.0 Å². The predicted molar refractivity (Wildman–Crippen MR) is 66.9 cm³/mol. The zero-order chi connectivity index (χ0) is 13.6. The Labute approximate surface area is 106 Å². The molecule has 0 aliphatic rings. The summed E-state index contributed by atoms with van der Waals surface area (Å²) < 4.78 is 25.5. The lowest BCUT2D eigenvalue weighted by atomic mass is 10.3. The number of nitriles is 1. The Morgan fingerprint density at radius 1 is 1.39 bits per heavy atom. The van der Waals surface area contributed by atoms with Crippen LogP contribution in [0.1, 0.15) is 6.42 Å². The molecule has 0 bridgehead atoms. The number of nitrogen functional groups attached to an aromatic ring is 1. The van der Waals surface area contributed by atoms with Crippen LogP contribution in [0.3, 0.4) is 0 Å². The van der Waals surface area contributed by atoms with E-state index in [0.29, 0.717) is 5.69 Å². The molecule has 98 valence electrons. The standard InChI is InChI=1S/C11H15N3O3S/c12-5-2-6-14(7-8-15)18(16,17)11-4-1-3-10(13)9-11/h1,3-4,9,15H,2,6-8,13H2. The average Bonchev–Trinajstić information content (AvgIpc) is 2.34. The molecule has 0 saturated carbocycles. The summed E-state index contributed by atoms with van der Waals surface area (Å²) >= 11 is 0. The third-order valence-corrected chi connectivity index (χ3v) is 4.21. The Morgan fingerprint density at radius 2 is 2.11 bits per heavy atom. The molecule has 0 fully saturated rings. The van der Waals surface area contributed by atoms with Gasteiger partial charge in [-0.05, 0) is 18.2 Å². The van der Waals surface area contributed by atoms with Crippen molar-refractivity contribution in [2.75, 3.05) is 25.4 Å². The first-order valence-electron chi connectivity index (χ1n) is 5.36. The highest BCUT2D eigenvalue weighted by Gasteiger charge is 2.23. The number of benzene rings is 1. The maximum absolute atomic E-state index is 12.2. The van der Waals surface area contributed by atoms with Crippen LogP contribution in [0.2, 0.25) is 0 Å². The van der Waals surface area contributed by atoms with Crippen molar-refractivity contribution in [3.8, 4) is 6.07 Å². The highest BCUT2D eigenvalue weighted by molar-refractivity contribution is 7.89. The summed E-state index contributed by atoms with van der Waals surface area (Å²) in [4.78, 5) is 0.0638. The van der Waals surface area contributed by atoms with Crippen molar-refractivity contribution in [3.05, 3.63) is 24.3 Å². The highest BCUT2D eigenvalue weighted by atomic mass is 32.2. The number of aliphatic hydroxyl groups is 1. The third-order valence-electron chi connectivity index (χ3n) is 2.32. The van der Waals surface area contributed by atoms with E-state index in [9.17, 15) is 8.42 Å². The Bertz CT molecular complexity index is 537. The van der Waals surface area contributed by atoms with Gasteiger partial charge in [-0.3, -0.25) is 0 Å². The van der Waals surface area contributed by atoms with Crippen LogP contribution in [-0.2, 0) is 10.0 Å². The van der Waals surface area contributed by atoms with Gasteiger partial charge in [-0.15, -0.1) is 0 Å². The molecule has 1 aromatic rings. The molecule has 1 rings (SSSR count). The van der Waals surface area contributed by atoms with Crippen LogP contribution >= 0.6 is 0 Å². The quantitative estimate of drug-likeness (QED) is 0.715. The van der Waals surface area contributed by atoms with Crippen molar-refractivity contribution < 1.29 is 13.5 Å². The molecular weight excluding hydrogens is 254 g/mol. The van der Waals surface area contributed by atoms with Crippen LogP contribution in [0, 0.1) is 11.3 Å². The predicted octanol–water partition coefficient (Wildman–Crippen LogP) is 0.165. The summed E-state index contributed by atoms with van der Waals surface area (Å²) in [6, 6.07) is 7.80. The average molecular weight is 269 g/mol. The van der Waals surface area contributed by atoms with Crippen molar-refractivity contribution >= 4 is 15.7 Å². The van der Waals surface area contributed by atoms with Crippen LogP contribution in [0.4, 0.5) is 5.69 Å². The van der Waals surface area contributed by atoms with E-state index in [-0.39, 0.29) is 31.0 Å². The Kier molecular flexibility index (Phi) is 5.09. The normalized spacial score (nSPS) is 11.4. The van der Waals surface area contributed by atoms with Gasteiger partial charge < -0.3 is 10.8 Å². The maximum Gasteiger partial charge on any atom is 0.243 e. The molecule has 0 aliphatic carbocycles. The van der Waals surface area contributed by atoms with Gasteiger partial charge in [0.1, 0.15) is 0 Å². The zero-order valence-corrected chi connectivity index (χ0v) is 10.6. The minimum Gasteiger partial charge on any atom is -0.399 e. The molecule has 0 radical (unpaired) electrons. The fourth-order valence-electron chi connectivity index (χ4n) is 1.46. The second kappa shape index (κ2) is 6.35. The van der Waals surface area contributed by atoms with Crippen LogP contribution in [0.15, 0.2) is 29.2 Å². The summed E-state index contributed by atoms with van der Waals surface area (Å²) in [5, 5.41) is 17.4. The minimum absolute atomic E-state index is 0.0428. The lowest BCUT2D eigenvalue weighted by Crippen LogP contribution is -2.34. The van der Waals surface area contributed by atoms with Crippen LogP contribution in [-0.4, -0.2) is 37.5 Å². The summed E-state index contributed by atoms with van der Waals surface area (Å²) in [5.74, 6) is 0. The number of hydrogen-bond donors (Lipinski definition) is 2. The second-order valence-corrected chi connectivity index (χ2v) is 5.55. The molecular formula is C11H15N3O3S. The molecule has 0 heterocycles. The molecule has 0 amide bonds. The van der Waals surface area contributed by atoms with E-state index in [1.807, 2.05) is 6.07 Å². The SMILES string of the molecule is N#CCCN(CCO)S(=O)(=O)c1cccc(N)c1. The molecule has 6 nitrogen and oxygen atoms in total. The smallest absolute Gasteiger partial charge is 0.243 e. The third kappa shape index (κ3) is 3.43. The first-order valence-corrected chi connectivity index (χ1v) is 6.80. The van der Waals surface area contributed by atoms with E-state index >= 15 is 0 Å². The van der Waals surface area contributed by atoms with E-state index in [1.165, 1.54) is 12.1 Å². The van der Waals surface area contributed by atoms with Crippen LogP contribution < -0.4 is 5.73 Å². The number of anilines is 1. The lowest BCUT2D eigenvalue weighted by Gasteiger charge is -2.20. The second-order valence-electron chi connectivity index (χ2n) is 3.61. The van der Waals surface area contributed by atoms with Gasteiger partial charge in [0.25, 0.3) is 0 Å². The molecule has 0 atom stereocenters. The molecule has 0 saturated heterocycles. The summed E-state index contributed by atoms with van der Waals surface area (Å²) in [6.45, 7) is -0.292. The van der Waals surface area contributed by atoms with Crippen molar-refractivity contribution in [2.24, 2.45) is 0 Å². The molecule has 0 aromatic heterocycles. The topological polar surface area (TPSA) is 107 Å². The van der Waals surface area contributed by atoms with E-state index < -0.39 is 10.0 Å². The highest BCUT2D eigenvalue weighted by Crippen LogP contribution is 2.18. The number of aliphatic hydroxyl groups excluding tert-OH is 1. The number of hydrogen-bond acceptors (Lipinski definition) is 5. The molecule has 7 heteroatoms. The summed E-state index contributed by atoms with van der Waals surface area (Å²) in [5.41, 5.74) is 5.89. The number of nitrogens with two attached hydrogens (primary N) is 1. The maximum atomic E-state index is 12.2. The van der Waals surface area contributed by atoms with Gasteiger partial charge in [-0.25, -0.2) is 8.42 Å². The minimum atomic E-state index is -3.72. The summed E-state index contributed by atoms with van der Waals surface area (Å²) in [6.07, 6.45) is 0.0710. The van der Waals surface area contributed by atoms with Crippen molar-refractivity contribution in [1.82, 2.24) is 4.31 Å². The zero-order valence-electron chi connectivity index (χ0n) is 9.78.